The molecule has 0 bridgehead atoms. The predicted octanol–water partition coefficient (Wildman–Crippen LogP) is 3.80. The molecule has 0 spiro atoms. The Kier molecular flexibility index (Phi) is 4.91. The molecule has 35 heavy (non-hydrogen) atoms. The van der Waals surface area contributed by atoms with Crippen molar-refractivity contribution in [3.05, 3.63) is 89.8 Å². The van der Waals surface area contributed by atoms with Gasteiger partial charge in [-0.15, -0.1) is 0 Å². The van der Waals surface area contributed by atoms with Crippen LogP contribution in [0.2, 0.25) is 0 Å². The number of carbonyl (C=O) groups excluding carboxylic acids is 2. The first kappa shape index (κ1) is 21.5. The van der Waals surface area contributed by atoms with Crippen LogP contribution in [0.25, 0.3) is 16.9 Å². The lowest BCUT2D eigenvalue weighted by atomic mass is 10.1. The smallest absolute Gasteiger partial charge is 0.270 e. The number of rotatable bonds is 6. The van der Waals surface area contributed by atoms with E-state index in [0.29, 0.717) is 22.6 Å². The summed E-state index contributed by atoms with van der Waals surface area (Å²) in [6.07, 6.45) is 6.20. The highest BCUT2D eigenvalue weighted by Crippen LogP contribution is 2.50. The Morgan fingerprint density at radius 2 is 1.89 bits per heavy atom. The summed E-state index contributed by atoms with van der Waals surface area (Å²) in [4.78, 5) is 34.9. The molecule has 4 aromatic rings. The van der Waals surface area contributed by atoms with Gasteiger partial charge in [-0.2, -0.15) is 0 Å². The first-order chi connectivity index (χ1) is 17.0. The molecule has 2 amide bonds. The number of fused-ring (bicyclic) bond motifs is 1. The van der Waals surface area contributed by atoms with Crippen LogP contribution in [0.1, 0.15) is 46.9 Å². The fraction of sp³-hybridized carbons (Fsp3) is 0.259. The molecule has 3 aromatic heterocycles. The summed E-state index contributed by atoms with van der Waals surface area (Å²) in [5.41, 5.74) is 3.68. The maximum Gasteiger partial charge on any atom is 0.270 e. The molecule has 2 fully saturated rings. The number of aromatic nitrogens is 3. The van der Waals surface area contributed by atoms with Crippen molar-refractivity contribution in [1.29, 1.82) is 0 Å². The van der Waals surface area contributed by atoms with Crippen LogP contribution in [-0.2, 0) is 10.3 Å². The molecule has 6 rings (SSSR count). The second-order valence-electron chi connectivity index (χ2n) is 9.32. The minimum Gasteiger partial charge on any atom is -0.354 e. The highest BCUT2D eigenvalue weighted by atomic mass is 19.1. The van der Waals surface area contributed by atoms with Crippen molar-refractivity contribution >= 4 is 17.5 Å². The van der Waals surface area contributed by atoms with Crippen LogP contribution >= 0.6 is 0 Å². The Morgan fingerprint density at radius 3 is 2.57 bits per heavy atom. The zero-order valence-electron chi connectivity index (χ0n) is 19.2. The zero-order chi connectivity index (χ0) is 24.2. The van der Waals surface area contributed by atoms with Crippen LogP contribution in [-0.4, -0.2) is 33.2 Å². The van der Waals surface area contributed by atoms with Crippen LogP contribution < -0.4 is 10.6 Å². The number of nitrogens with zero attached hydrogens (tertiary/aromatic N) is 3. The predicted molar refractivity (Wildman–Crippen MR) is 128 cm³/mol. The van der Waals surface area contributed by atoms with E-state index < -0.39 is 0 Å². The second kappa shape index (κ2) is 8.01. The van der Waals surface area contributed by atoms with Gasteiger partial charge in [0.25, 0.3) is 5.91 Å². The molecule has 2 aliphatic carbocycles. The summed E-state index contributed by atoms with van der Waals surface area (Å²) in [5.74, 6) is -0.631. The first-order valence-corrected chi connectivity index (χ1v) is 11.7. The number of benzene rings is 1. The van der Waals surface area contributed by atoms with Crippen molar-refractivity contribution < 1.29 is 14.0 Å². The second-order valence-corrected chi connectivity index (χ2v) is 9.32. The molecule has 2 saturated carbocycles. The van der Waals surface area contributed by atoms with E-state index in [-0.39, 0.29) is 35.0 Å². The van der Waals surface area contributed by atoms with Crippen molar-refractivity contribution in [2.45, 2.75) is 30.7 Å². The topological polar surface area (TPSA) is 88.4 Å². The molecule has 176 valence electrons. The fourth-order valence-electron chi connectivity index (χ4n) is 4.82. The van der Waals surface area contributed by atoms with E-state index in [1.807, 2.05) is 36.5 Å². The number of imidazole rings is 1. The number of pyridine rings is 2. The van der Waals surface area contributed by atoms with E-state index in [1.54, 1.807) is 29.8 Å². The molecular formula is C27H24FN5O2. The summed E-state index contributed by atoms with van der Waals surface area (Å²) >= 11 is 0. The van der Waals surface area contributed by atoms with E-state index in [2.05, 4.69) is 20.6 Å². The third kappa shape index (κ3) is 3.75. The Balaban J connectivity index is 1.28. The van der Waals surface area contributed by atoms with Crippen LogP contribution in [0.4, 0.5) is 4.39 Å². The normalized spacial score (nSPS) is 19.8. The lowest BCUT2D eigenvalue weighted by molar-refractivity contribution is -0.123. The first-order valence-electron chi connectivity index (χ1n) is 11.7. The molecule has 0 aliphatic heterocycles. The summed E-state index contributed by atoms with van der Waals surface area (Å²) in [6, 6.07) is 15.5. The monoisotopic (exact) mass is 469 g/mol. The van der Waals surface area contributed by atoms with Gasteiger partial charge in [0.1, 0.15) is 22.9 Å². The summed E-state index contributed by atoms with van der Waals surface area (Å²) in [7, 11) is 1.57. The van der Waals surface area contributed by atoms with Gasteiger partial charge in [0.05, 0.1) is 11.2 Å². The summed E-state index contributed by atoms with van der Waals surface area (Å²) in [5, 5.41) is 5.91. The Hall–Kier alpha value is -4.07. The zero-order valence-corrected chi connectivity index (χ0v) is 19.2. The highest BCUT2D eigenvalue weighted by Gasteiger charge is 2.51. The van der Waals surface area contributed by atoms with Crippen molar-refractivity contribution in [3.63, 3.8) is 0 Å². The molecule has 2 atom stereocenters. The van der Waals surface area contributed by atoms with Crippen LogP contribution in [0.5, 0.6) is 0 Å². The third-order valence-corrected chi connectivity index (χ3v) is 7.02. The van der Waals surface area contributed by atoms with Crippen molar-refractivity contribution in [2.75, 3.05) is 7.05 Å². The Labute approximate surface area is 201 Å². The number of carbonyl (C=O) groups is 2. The SMILES string of the molecule is CNC(=O)c1c(-c2ccc(F)cc2)nc2ccc(C3CC3C(=O)NC3(c4ccccn4)CC3)cn12. The van der Waals surface area contributed by atoms with Gasteiger partial charge in [-0.3, -0.25) is 19.0 Å². The van der Waals surface area contributed by atoms with Gasteiger partial charge in [-0.05, 0) is 73.2 Å². The number of halogens is 1. The largest absolute Gasteiger partial charge is 0.354 e. The van der Waals surface area contributed by atoms with Crippen molar-refractivity contribution in [2.24, 2.45) is 5.92 Å². The molecule has 2 unspecified atom stereocenters. The summed E-state index contributed by atoms with van der Waals surface area (Å²) in [6.45, 7) is 0. The Bertz CT molecular complexity index is 1440. The molecule has 0 saturated heterocycles. The molecular weight excluding hydrogens is 445 g/mol. The molecule has 7 nitrogen and oxygen atoms in total. The molecule has 2 aliphatic rings. The van der Waals surface area contributed by atoms with Gasteiger partial charge in [0.15, 0.2) is 0 Å². The quantitative estimate of drug-likeness (QED) is 0.450. The minimum absolute atomic E-state index is 0.0439. The van der Waals surface area contributed by atoms with E-state index in [0.717, 1.165) is 30.5 Å². The highest BCUT2D eigenvalue weighted by molar-refractivity contribution is 5.99. The lowest BCUT2D eigenvalue weighted by Gasteiger charge is -2.17. The number of nitrogens with one attached hydrogen (secondary N) is 2. The van der Waals surface area contributed by atoms with E-state index >= 15 is 0 Å². The third-order valence-electron chi connectivity index (χ3n) is 7.02. The number of amides is 2. The molecule has 0 radical (unpaired) electrons. The van der Waals surface area contributed by atoms with E-state index in [9.17, 15) is 14.0 Å². The summed E-state index contributed by atoms with van der Waals surface area (Å²) < 4.78 is 15.2. The molecule has 8 heteroatoms. The van der Waals surface area contributed by atoms with Gasteiger partial charge in [-0.25, -0.2) is 9.37 Å². The van der Waals surface area contributed by atoms with Gasteiger partial charge in [0, 0.05) is 30.9 Å². The van der Waals surface area contributed by atoms with E-state index in [4.69, 9.17) is 0 Å². The lowest BCUT2D eigenvalue weighted by Crippen LogP contribution is -2.36. The van der Waals surface area contributed by atoms with Crippen molar-refractivity contribution in [1.82, 2.24) is 25.0 Å². The van der Waals surface area contributed by atoms with E-state index in [1.165, 1.54) is 12.1 Å². The minimum atomic E-state index is -0.352. The molecule has 3 heterocycles. The average Bonchev–Trinajstić information content (AvgIpc) is 3.81. The van der Waals surface area contributed by atoms with Crippen molar-refractivity contribution in [3.8, 4) is 11.3 Å². The number of hydrogen-bond donors (Lipinski definition) is 2. The van der Waals surface area contributed by atoms with Crippen LogP contribution in [0.3, 0.4) is 0 Å². The van der Waals surface area contributed by atoms with Gasteiger partial charge >= 0.3 is 0 Å². The molecule has 2 N–H and O–H groups in total. The van der Waals surface area contributed by atoms with Gasteiger partial charge in [-0.1, -0.05) is 12.1 Å². The van der Waals surface area contributed by atoms with Gasteiger partial charge in [0.2, 0.25) is 5.91 Å². The molecule has 1 aromatic carbocycles. The Morgan fingerprint density at radius 1 is 1.09 bits per heavy atom. The van der Waals surface area contributed by atoms with Crippen LogP contribution in [0, 0.1) is 11.7 Å². The maximum atomic E-state index is 13.4. The standard InChI is InChI=1S/C27H24FN5O2/c1-29-26(35)24-23(16-5-8-18(28)9-6-16)31-22-10-7-17(15-33(22)24)19-14-20(19)25(34)32-27(11-12-27)21-4-2-3-13-30-21/h2-10,13,15,19-20H,11-12,14H2,1H3,(H,29,35)(H,32,34). The van der Waals surface area contributed by atoms with Crippen LogP contribution in [0.15, 0.2) is 67.0 Å². The number of hydrogen-bond acceptors (Lipinski definition) is 4. The maximum absolute atomic E-state index is 13.4. The fourth-order valence-corrected chi connectivity index (χ4v) is 4.82. The van der Waals surface area contributed by atoms with Gasteiger partial charge < -0.3 is 10.6 Å². The average molecular weight is 470 g/mol.